The molecule has 1 atom stereocenters. The second-order valence-corrected chi connectivity index (χ2v) is 5.97. The molecule has 0 aromatic heterocycles. The van der Waals surface area contributed by atoms with Gasteiger partial charge in [-0.25, -0.2) is 0 Å². The van der Waals surface area contributed by atoms with Crippen molar-refractivity contribution in [3.05, 3.63) is 29.3 Å². The van der Waals surface area contributed by atoms with Gasteiger partial charge >= 0.3 is 0 Å². The zero-order chi connectivity index (χ0) is 15.2. The van der Waals surface area contributed by atoms with Gasteiger partial charge in [-0.1, -0.05) is 26.0 Å². The van der Waals surface area contributed by atoms with E-state index in [4.69, 9.17) is 4.74 Å². The minimum absolute atomic E-state index is 0.198. The molecule has 21 heavy (non-hydrogen) atoms. The number of hydrogen-bond donors (Lipinski definition) is 2. The van der Waals surface area contributed by atoms with Crippen LogP contribution in [0.3, 0.4) is 0 Å². The van der Waals surface area contributed by atoms with Gasteiger partial charge in [-0.2, -0.15) is 0 Å². The number of ether oxygens (including phenoxy) is 1. The fourth-order valence-electron chi connectivity index (χ4n) is 3.02. The SMILES string of the molecule is COc1ccc(C(C)C)cc1[C@@H](CCO)N1CCNCC1. The molecule has 0 spiro atoms. The van der Waals surface area contributed by atoms with E-state index in [9.17, 15) is 5.11 Å². The van der Waals surface area contributed by atoms with Crippen LogP contribution >= 0.6 is 0 Å². The quantitative estimate of drug-likeness (QED) is 0.843. The molecule has 1 aromatic carbocycles. The van der Waals surface area contributed by atoms with Crippen LogP contribution in [0.1, 0.15) is 43.4 Å². The molecule has 1 aromatic rings. The largest absolute Gasteiger partial charge is 0.496 e. The standard InChI is InChI=1S/C17H28N2O2/c1-13(2)14-4-5-17(21-3)15(12-14)16(6-11-20)19-9-7-18-8-10-19/h4-5,12-13,16,18,20H,6-11H2,1-3H3/t16-/m1/s1. The molecule has 4 heteroatoms. The number of nitrogens with one attached hydrogen (secondary N) is 1. The monoisotopic (exact) mass is 292 g/mol. The van der Waals surface area contributed by atoms with E-state index in [-0.39, 0.29) is 12.6 Å². The third-order valence-corrected chi connectivity index (χ3v) is 4.27. The van der Waals surface area contributed by atoms with Crippen LogP contribution in [-0.4, -0.2) is 49.9 Å². The summed E-state index contributed by atoms with van der Waals surface area (Å²) in [6.07, 6.45) is 0.748. The van der Waals surface area contributed by atoms with Crippen molar-refractivity contribution in [1.82, 2.24) is 10.2 Å². The highest BCUT2D eigenvalue weighted by Crippen LogP contribution is 2.34. The van der Waals surface area contributed by atoms with Crippen LogP contribution in [0.15, 0.2) is 18.2 Å². The molecule has 1 heterocycles. The van der Waals surface area contributed by atoms with Gasteiger partial charge in [0.25, 0.3) is 0 Å². The van der Waals surface area contributed by atoms with Gasteiger partial charge < -0.3 is 15.2 Å². The maximum atomic E-state index is 9.49. The van der Waals surface area contributed by atoms with Crippen LogP contribution in [0.4, 0.5) is 0 Å². The molecule has 118 valence electrons. The molecule has 2 N–H and O–H groups in total. The Labute approximate surface area is 128 Å². The van der Waals surface area contributed by atoms with Crippen LogP contribution < -0.4 is 10.1 Å². The smallest absolute Gasteiger partial charge is 0.123 e. The summed E-state index contributed by atoms with van der Waals surface area (Å²) in [5.41, 5.74) is 2.53. The van der Waals surface area contributed by atoms with E-state index in [1.807, 2.05) is 0 Å². The zero-order valence-corrected chi connectivity index (χ0v) is 13.4. The Bertz CT molecular complexity index is 442. The second kappa shape index (κ2) is 7.78. The van der Waals surface area contributed by atoms with Crippen molar-refractivity contribution in [3.63, 3.8) is 0 Å². The van der Waals surface area contributed by atoms with E-state index in [2.05, 4.69) is 42.3 Å². The summed E-state index contributed by atoms with van der Waals surface area (Å²) in [6, 6.07) is 6.69. The van der Waals surface area contributed by atoms with Gasteiger partial charge in [0, 0.05) is 44.4 Å². The summed E-state index contributed by atoms with van der Waals surface area (Å²) >= 11 is 0. The molecule has 0 amide bonds. The number of hydrogen-bond acceptors (Lipinski definition) is 4. The van der Waals surface area contributed by atoms with Crippen LogP contribution in [0.25, 0.3) is 0 Å². The highest BCUT2D eigenvalue weighted by Gasteiger charge is 2.25. The summed E-state index contributed by atoms with van der Waals surface area (Å²) in [4.78, 5) is 2.45. The molecule has 0 bridgehead atoms. The number of methoxy groups -OCH3 is 1. The molecule has 1 fully saturated rings. The average Bonchev–Trinajstić information content (AvgIpc) is 2.52. The summed E-state index contributed by atoms with van der Waals surface area (Å²) in [6.45, 7) is 8.65. The van der Waals surface area contributed by atoms with Crippen molar-refractivity contribution >= 4 is 0 Å². The van der Waals surface area contributed by atoms with Crippen LogP contribution in [0.5, 0.6) is 5.75 Å². The normalized spacial score (nSPS) is 18.0. The van der Waals surface area contributed by atoms with Crippen LogP contribution in [-0.2, 0) is 0 Å². The van der Waals surface area contributed by atoms with Crippen molar-refractivity contribution < 1.29 is 9.84 Å². The van der Waals surface area contributed by atoms with Crippen molar-refractivity contribution in [3.8, 4) is 5.75 Å². The Morgan fingerprint density at radius 3 is 2.57 bits per heavy atom. The van der Waals surface area contributed by atoms with Crippen molar-refractivity contribution in [2.45, 2.75) is 32.2 Å². The van der Waals surface area contributed by atoms with E-state index in [0.717, 1.165) is 38.3 Å². The van der Waals surface area contributed by atoms with Gasteiger partial charge in [0.2, 0.25) is 0 Å². The molecule has 1 saturated heterocycles. The van der Waals surface area contributed by atoms with E-state index in [1.54, 1.807) is 7.11 Å². The average molecular weight is 292 g/mol. The predicted molar refractivity (Wildman–Crippen MR) is 86.0 cm³/mol. The van der Waals surface area contributed by atoms with Gasteiger partial charge in [0.1, 0.15) is 5.75 Å². The Kier molecular flexibility index (Phi) is 6.03. The number of aliphatic hydroxyl groups is 1. The number of rotatable bonds is 6. The van der Waals surface area contributed by atoms with Crippen molar-refractivity contribution in [1.29, 1.82) is 0 Å². The van der Waals surface area contributed by atoms with E-state index < -0.39 is 0 Å². The van der Waals surface area contributed by atoms with Gasteiger partial charge in [-0.15, -0.1) is 0 Å². The van der Waals surface area contributed by atoms with Gasteiger partial charge in [-0.05, 0) is 24.0 Å². The maximum absolute atomic E-state index is 9.49. The van der Waals surface area contributed by atoms with Gasteiger partial charge in [0.15, 0.2) is 0 Å². The first-order chi connectivity index (χ1) is 10.2. The Morgan fingerprint density at radius 2 is 2.00 bits per heavy atom. The predicted octanol–water partition coefficient (Wildman–Crippen LogP) is 2.15. The number of nitrogens with zero attached hydrogens (tertiary/aromatic N) is 1. The number of piperazine rings is 1. The number of benzene rings is 1. The molecule has 2 rings (SSSR count). The first-order valence-electron chi connectivity index (χ1n) is 7.90. The Morgan fingerprint density at radius 1 is 1.29 bits per heavy atom. The molecule has 4 nitrogen and oxygen atoms in total. The molecule has 1 aliphatic heterocycles. The lowest BCUT2D eigenvalue weighted by Gasteiger charge is -2.36. The summed E-state index contributed by atoms with van der Waals surface area (Å²) in [5, 5.41) is 12.9. The van der Waals surface area contributed by atoms with Crippen LogP contribution in [0, 0.1) is 0 Å². The Balaban J connectivity index is 2.34. The highest BCUT2D eigenvalue weighted by atomic mass is 16.5. The van der Waals surface area contributed by atoms with E-state index >= 15 is 0 Å². The summed E-state index contributed by atoms with van der Waals surface area (Å²) in [7, 11) is 1.72. The van der Waals surface area contributed by atoms with Crippen molar-refractivity contribution in [2.24, 2.45) is 0 Å². The number of aliphatic hydroxyl groups excluding tert-OH is 1. The molecule has 0 radical (unpaired) electrons. The Hall–Kier alpha value is -1.10. The third-order valence-electron chi connectivity index (χ3n) is 4.27. The molecular formula is C17H28N2O2. The fourth-order valence-corrected chi connectivity index (χ4v) is 3.02. The van der Waals surface area contributed by atoms with Gasteiger partial charge in [0.05, 0.1) is 7.11 Å². The topological polar surface area (TPSA) is 44.7 Å². The lowest BCUT2D eigenvalue weighted by atomic mass is 9.94. The lowest BCUT2D eigenvalue weighted by Crippen LogP contribution is -2.45. The summed E-state index contributed by atoms with van der Waals surface area (Å²) < 4.78 is 5.57. The fraction of sp³-hybridized carbons (Fsp3) is 0.647. The third kappa shape index (κ3) is 3.96. The second-order valence-electron chi connectivity index (χ2n) is 5.97. The molecule has 0 aliphatic carbocycles. The van der Waals surface area contributed by atoms with Gasteiger partial charge in [-0.3, -0.25) is 4.90 Å². The summed E-state index contributed by atoms with van der Waals surface area (Å²) in [5.74, 6) is 1.42. The first kappa shape index (κ1) is 16.3. The molecule has 1 aliphatic rings. The first-order valence-corrected chi connectivity index (χ1v) is 7.90. The van der Waals surface area contributed by atoms with Crippen LogP contribution in [0.2, 0.25) is 0 Å². The maximum Gasteiger partial charge on any atom is 0.123 e. The van der Waals surface area contributed by atoms with Crippen molar-refractivity contribution in [2.75, 3.05) is 39.9 Å². The lowest BCUT2D eigenvalue weighted by molar-refractivity contribution is 0.139. The minimum atomic E-state index is 0.198. The highest BCUT2D eigenvalue weighted by molar-refractivity contribution is 5.40. The molecule has 0 unspecified atom stereocenters. The molecular weight excluding hydrogens is 264 g/mol. The minimum Gasteiger partial charge on any atom is -0.496 e. The zero-order valence-electron chi connectivity index (χ0n) is 13.4. The van der Waals surface area contributed by atoms with E-state index in [1.165, 1.54) is 11.1 Å². The molecule has 0 saturated carbocycles. The van der Waals surface area contributed by atoms with E-state index in [0.29, 0.717) is 5.92 Å².